The summed E-state index contributed by atoms with van der Waals surface area (Å²) >= 11 is 0. The van der Waals surface area contributed by atoms with Gasteiger partial charge in [-0.15, -0.1) is 0 Å². The molecule has 0 heterocycles. The Morgan fingerprint density at radius 2 is 2.00 bits per heavy atom. The third-order valence-electron chi connectivity index (χ3n) is 2.80. The van der Waals surface area contributed by atoms with Crippen molar-refractivity contribution in [1.82, 2.24) is 0 Å². The van der Waals surface area contributed by atoms with Gasteiger partial charge in [0.1, 0.15) is 12.4 Å². The van der Waals surface area contributed by atoms with Crippen molar-refractivity contribution in [3.8, 4) is 17.6 Å². The SMILES string of the molecule is Cc1cc(C#CCO)cc(NC(=O)c2ccccc2O)c1. The van der Waals surface area contributed by atoms with Gasteiger partial charge in [0.15, 0.2) is 0 Å². The summed E-state index contributed by atoms with van der Waals surface area (Å²) in [5.41, 5.74) is 2.44. The lowest BCUT2D eigenvalue weighted by Crippen LogP contribution is -2.12. The molecule has 0 unspecified atom stereocenters. The van der Waals surface area contributed by atoms with Crippen LogP contribution >= 0.6 is 0 Å². The van der Waals surface area contributed by atoms with E-state index >= 15 is 0 Å². The van der Waals surface area contributed by atoms with E-state index in [1.165, 1.54) is 6.07 Å². The maximum absolute atomic E-state index is 12.1. The third-order valence-corrected chi connectivity index (χ3v) is 2.80. The number of aryl methyl sites for hydroxylation is 1. The highest BCUT2D eigenvalue weighted by Crippen LogP contribution is 2.19. The Labute approximate surface area is 123 Å². The number of anilines is 1. The molecular weight excluding hydrogens is 266 g/mol. The standard InChI is InChI=1S/C17H15NO3/c1-12-9-13(5-4-8-19)11-14(10-12)18-17(21)15-6-2-3-7-16(15)20/h2-3,6-7,9-11,19-20H,8H2,1H3,(H,18,21). The molecule has 0 fully saturated rings. The molecule has 0 aromatic heterocycles. The van der Waals surface area contributed by atoms with Crippen molar-refractivity contribution in [2.75, 3.05) is 11.9 Å². The smallest absolute Gasteiger partial charge is 0.259 e. The van der Waals surface area contributed by atoms with Gasteiger partial charge in [-0.3, -0.25) is 4.79 Å². The van der Waals surface area contributed by atoms with Crippen LogP contribution in [-0.4, -0.2) is 22.7 Å². The number of phenolic OH excluding ortho intramolecular Hbond substituents is 1. The predicted octanol–water partition coefficient (Wildman–Crippen LogP) is 2.30. The Bertz CT molecular complexity index is 726. The van der Waals surface area contributed by atoms with Crippen molar-refractivity contribution in [2.45, 2.75) is 6.92 Å². The average Bonchev–Trinajstić information content (AvgIpc) is 2.45. The van der Waals surface area contributed by atoms with E-state index in [2.05, 4.69) is 17.2 Å². The van der Waals surface area contributed by atoms with Crippen molar-refractivity contribution in [1.29, 1.82) is 0 Å². The minimum absolute atomic E-state index is 0.0667. The minimum atomic E-state index is -0.389. The number of benzene rings is 2. The lowest BCUT2D eigenvalue weighted by atomic mass is 10.1. The molecule has 2 rings (SSSR count). The maximum Gasteiger partial charge on any atom is 0.259 e. The molecule has 4 heteroatoms. The van der Waals surface area contributed by atoms with E-state index in [0.717, 1.165) is 5.56 Å². The quantitative estimate of drug-likeness (QED) is 0.740. The second-order valence-corrected chi connectivity index (χ2v) is 4.52. The number of hydrogen-bond donors (Lipinski definition) is 3. The molecule has 0 saturated carbocycles. The fraction of sp³-hybridized carbons (Fsp3) is 0.118. The molecule has 0 aliphatic carbocycles. The number of amides is 1. The van der Waals surface area contributed by atoms with Gasteiger partial charge >= 0.3 is 0 Å². The Balaban J connectivity index is 2.25. The zero-order valence-corrected chi connectivity index (χ0v) is 11.6. The fourth-order valence-corrected chi connectivity index (χ4v) is 1.93. The molecule has 0 aliphatic rings. The van der Waals surface area contributed by atoms with Gasteiger partial charge in [-0.05, 0) is 42.8 Å². The molecule has 21 heavy (non-hydrogen) atoms. The molecule has 4 nitrogen and oxygen atoms in total. The summed E-state index contributed by atoms with van der Waals surface area (Å²) in [5.74, 6) is 4.91. The van der Waals surface area contributed by atoms with Crippen LogP contribution in [-0.2, 0) is 0 Å². The first-order valence-electron chi connectivity index (χ1n) is 6.41. The van der Waals surface area contributed by atoms with E-state index < -0.39 is 0 Å². The van der Waals surface area contributed by atoms with Crippen molar-refractivity contribution < 1.29 is 15.0 Å². The first-order valence-corrected chi connectivity index (χ1v) is 6.41. The number of rotatable bonds is 2. The van der Waals surface area contributed by atoms with Crippen LogP contribution in [0.1, 0.15) is 21.5 Å². The average molecular weight is 281 g/mol. The molecule has 106 valence electrons. The van der Waals surface area contributed by atoms with Gasteiger partial charge in [0, 0.05) is 11.3 Å². The summed E-state index contributed by atoms with van der Waals surface area (Å²) in [7, 11) is 0. The van der Waals surface area contributed by atoms with Crippen LogP contribution in [0, 0.1) is 18.8 Å². The molecule has 0 atom stereocenters. The number of aliphatic hydroxyl groups excluding tert-OH is 1. The fourth-order valence-electron chi connectivity index (χ4n) is 1.93. The van der Waals surface area contributed by atoms with Crippen LogP contribution < -0.4 is 5.32 Å². The van der Waals surface area contributed by atoms with Gasteiger partial charge in [0.25, 0.3) is 5.91 Å². The number of nitrogens with one attached hydrogen (secondary N) is 1. The first kappa shape index (κ1) is 14.6. The molecule has 0 spiro atoms. The predicted molar refractivity (Wildman–Crippen MR) is 81.2 cm³/mol. The van der Waals surface area contributed by atoms with E-state index in [9.17, 15) is 9.90 Å². The summed E-state index contributed by atoms with van der Waals surface area (Å²) in [4.78, 5) is 12.1. The van der Waals surface area contributed by atoms with Gasteiger partial charge in [0.2, 0.25) is 0 Å². The van der Waals surface area contributed by atoms with Crippen LogP contribution in [0.2, 0.25) is 0 Å². The Morgan fingerprint density at radius 3 is 2.71 bits per heavy atom. The molecular formula is C17H15NO3. The molecule has 2 aromatic carbocycles. The van der Waals surface area contributed by atoms with Crippen LogP contribution in [0.5, 0.6) is 5.75 Å². The van der Waals surface area contributed by atoms with Gasteiger partial charge in [-0.25, -0.2) is 0 Å². The second-order valence-electron chi connectivity index (χ2n) is 4.52. The summed E-state index contributed by atoms with van der Waals surface area (Å²) in [5, 5.41) is 21.1. The van der Waals surface area contributed by atoms with Gasteiger partial charge in [-0.1, -0.05) is 24.0 Å². The Kier molecular flexibility index (Phi) is 4.60. The van der Waals surface area contributed by atoms with Crippen molar-refractivity contribution in [2.24, 2.45) is 0 Å². The number of aliphatic hydroxyl groups is 1. The molecule has 0 saturated heterocycles. The maximum atomic E-state index is 12.1. The Hall–Kier alpha value is -2.77. The highest BCUT2D eigenvalue weighted by Gasteiger charge is 2.10. The molecule has 2 aromatic rings. The highest BCUT2D eigenvalue weighted by molar-refractivity contribution is 6.06. The number of carbonyl (C=O) groups excluding carboxylic acids is 1. The number of carbonyl (C=O) groups is 1. The molecule has 0 radical (unpaired) electrons. The van der Waals surface area contributed by atoms with Gasteiger partial charge in [-0.2, -0.15) is 0 Å². The Morgan fingerprint density at radius 1 is 1.24 bits per heavy atom. The van der Waals surface area contributed by atoms with Crippen molar-refractivity contribution in [3.63, 3.8) is 0 Å². The van der Waals surface area contributed by atoms with Crippen molar-refractivity contribution >= 4 is 11.6 Å². The normalized spacial score (nSPS) is 9.62. The molecule has 1 amide bonds. The summed E-state index contributed by atoms with van der Waals surface area (Å²) in [6.07, 6.45) is 0. The number of aromatic hydroxyl groups is 1. The summed E-state index contributed by atoms with van der Waals surface area (Å²) in [6.45, 7) is 1.67. The zero-order valence-electron chi connectivity index (χ0n) is 11.6. The highest BCUT2D eigenvalue weighted by atomic mass is 16.3. The van der Waals surface area contributed by atoms with E-state index in [0.29, 0.717) is 11.3 Å². The molecule has 0 aliphatic heterocycles. The van der Waals surface area contributed by atoms with Crippen LogP contribution in [0.4, 0.5) is 5.69 Å². The topological polar surface area (TPSA) is 69.6 Å². The lowest BCUT2D eigenvalue weighted by molar-refractivity contribution is 0.102. The molecule has 0 bridgehead atoms. The first-order chi connectivity index (χ1) is 10.1. The monoisotopic (exact) mass is 281 g/mol. The zero-order chi connectivity index (χ0) is 15.2. The van der Waals surface area contributed by atoms with Crippen molar-refractivity contribution in [3.05, 3.63) is 59.2 Å². The van der Waals surface area contributed by atoms with E-state index in [4.69, 9.17) is 5.11 Å². The van der Waals surface area contributed by atoms with Crippen LogP contribution in [0.25, 0.3) is 0 Å². The van der Waals surface area contributed by atoms with E-state index in [-0.39, 0.29) is 23.8 Å². The third kappa shape index (κ3) is 3.85. The number of phenols is 1. The van der Waals surface area contributed by atoms with Crippen LogP contribution in [0.3, 0.4) is 0 Å². The second kappa shape index (κ2) is 6.60. The minimum Gasteiger partial charge on any atom is -0.507 e. The number of para-hydroxylation sites is 1. The van der Waals surface area contributed by atoms with Gasteiger partial charge in [0.05, 0.1) is 5.56 Å². The largest absolute Gasteiger partial charge is 0.507 e. The molecule has 3 N–H and O–H groups in total. The van der Waals surface area contributed by atoms with E-state index in [1.807, 2.05) is 19.1 Å². The summed E-state index contributed by atoms with van der Waals surface area (Å²) < 4.78 is 0. The van der Waals surface area contributed by atoms with E-state index in [1.54, 1.807) is 24.3 Å². The van der Waals surface area contributed by atoms with Crippen LogP contribution in [0.15, 0.2) is 42.5 Å². The lowest BCUT2D eigenvalue weighted by Gasteiger charge is -2.08. The summed E-state index contributed by atoms with van der Waals surface area (Å²) in [6, 6.07) is 11.7. The van der Waals surface area contributed by atoms with Gasteiger partial charge < -0.3 is 15.5 Å². The number of hydrogen-bond acceptors (Lipinski definition) is 3.